The third-order valence-corrected chi connectivity index (χ3v) is 5.39. The minimum Gasteiger partial charge on any atom is -0.480 e. The van der Waals surface area contributed by atoms with Crippen LogP contribution < -0.4 is 10.2 Å². The summed E-state index contributed by atoms with van der Waals surface area (Å²) >= 11 is 0. The number of anilines is 2. The quantitative estimate of drug-likeness (QED) is 0.663. The molecule has 2 amide bonds. The standard InChI is InChI=1S/C23H27FN2O4/c24-19-10-12-21(13-11-19)26(20-4-2-1-3-5-20)23(29)25-14-17-6-8-18(9-7-17)15-30-16-22(27)28/h1-5,10-13,17-18H,6-9,14-16H2,(H,25,29)(H,27,28)/t17-,18-. The lowest BCUT2D eigenvalue weighted by Crippen LogP contribution is -2.40. The summed E-state index contributed by atoms with van der Waals surface area (Å²) in [5, 5.41) is 11.7. The van der Waals surface area contributed by atoms with Crippen molar-refractivity contribution in [1.82, 2.24) is 5.32 Å². The maximum atomic E-state index is 13.3. The number of para-hydroxylation sites is 1. The Labute approximate surface area is 175 Å². The molecule has 0 heterocycles. The Morgan fingerprint density at radius 3 is 2.20 bits per heavy atom. The first-order valence-corrected chi connectivity index (χ1v) is 10.2. The van der Waals surface area contributed by atoms with Gasteiger partial charge in [-0.25, -0.2) is 14.0 Å². The summed E-state index contributed by atoms with van der Waals surface area (Å²) in [6.07, 6.45) is 3.84. The number of hydrogen-bond acceptors (Lipinski definition) is 3. The zero-order valence-corrected chi connectivity index (χ0v) is 16.8. The highest BCUT2D eigenvalue weighted by Gasteiger charge is 2.24. The third-order valence-electron chi connectivity index (χ3n) is 5.39. The predicted octanol–water partition coefficient (Wildman–Crippen LogP) is 4.58. The van der Waals surface area contributed by atoms with Gasteiger partial charge in [0, 0.05) is 6.54 Å². The number of ether oxygens (including phenoxy) is 1. The average Bonchev–Trinajstić information content (AvgIpc) is 2.75. The number of carbonyl (C=O) groups is 2. The van der Waals surface area contributed by atoms with Gasteiger partial charge in [0.15, 0.2) is 0 Å². The van der Waals surface area contributed by atoms with Gasteiger partial charge < -0.3 is 15.2 Å². The fourth-order valence-electron chi connectivity index (χ4n) is 3.78. The lowest BCUT2D eigenvalue weighted by molar-refractivity contribution is -0.142. The first kappa shape index (κ1) is 21.8. The molecule has 30 heavy (non-hydrogen) atoms. The van der Waals surface area contributed by atoms with Crippen LogP contribution in [-0.2, 0) is 9.53 Å². The number of nitrogens with one attached hydrogen (secondary N) is 1. The van der Waals surface area contributed by atoms with Crippen LogP contribution in [0.15, 0.2) is 54.6 Å². The summed E-state index contributed by atoms with van der Waals surface area (Å²) < 4.78 is 18.5. The number of amides is 2. The number of aliphatic carboxylic acids is 1. The van der Waals surface area contributed by atoms with Gasteiger partial charge in [-0.05, 0) is 73.9 Å². The van der Waals surface area contributed by atoms with Gasteiger partial charge in [-0.2, -0.15) is 0 Å². The summed E-state index contributed by atoms with van der Waals surface area (Å²) in [6.45, 7) is 0.776. The highest BCUT2D eigenvalue weighted by Crippen LogP contribution is 2.29. The number of carboxylic acid groups (broad SMARTS) is 1. The zero-order valence-electron chi connectivity index (χ0n) is 16.8. The van der Waals surface area contributed by atoms with Crippen molar-refractivity contribution in [3.8, 4) is 0 Å². The molecule has 0 unspecified atom stereocenters. The number of benzene rings is 2. The first-order chi connectivity index (χ1) is 14.5. The van der Waals surface area contributed by atoms with Crippen molar-refractivity contribution in [3.63, 3.8) is 0 Å². The van der Waals surface area contributed by atoms with E-state index >= 15 is 0 Å². The second-order valence-electron chi connectivity index (χ2n) is 7.63. The van der Waals surface area contributed by atoms with Crippen molar-refractivity contribution >= 4 is 23.4 Å². The van der Waals surface area contributed by atoms with E-state index in [1.807, 2.05) is 30.3 Å². The summed E-state index contributed by atoms with van der Waals surface area (Å²) in [6, 6.07) is 14.9. The van der Waals surface area contributed by atoms with Gasteiger partial charge in [0.2, 0.25) is 0 Å². The fraction of sp³-hybridized carbons (Fsp3) is 0.391. The van der Waals surface area contributed by atoms with Gasteiger partial charge in [0.05, 0.1) is 18.0 Å². The number of rotatable bonds is 8. The van der Waals surface area contributed by atoms with E-state index in [9.17, 15) is 14.0 Å². The van der Waals surface area contributed by atoms with Crippen LogP contribution >= 0.6 is 0 Å². The van der Waals surface area contributed by atoms with Gasteiger partial charge in [-0.3, -0.25) is 4.90 Å². The van der Waals surface area contributed by atoms with Crippen LogP contribution in [0.25, 0.3) is 0 Å². The molecule has 3 rings (SSSR count). The molecule has 2 aromatic rings. The minimum atomic E-state index is -0.949. The molecule has 1 aliphatic carbocycles. The molecule has 0 radical (unpaired) electrons. The Kier molecular flexibility index (Phi) is 7.79. The number of nitrogens with zero attached hydrogens (tertiary/aromatic N) is 1. The predicted molar refractivity (Wildman–Crippen MR) is 112 cm³/mol. The van der Waals surface area contributed by atoms with Gasteiger partial charge in [-0.1, -0.05) is 18.2 Å². The molecule has 2 aromatic carbocycles. The largest absolute Gasteiger partial charge is 0.480 e. The van der Waals surface area contributed by atoms with E-state index in [1.165, 1.54) is 12.1 Å². The van der Waals surface area contributed by atoms with E-state index in [4.69, 9.17) is 9.84 Å². The Bertz CT molecular complexity index is 821. The molecule has 6 nitrogen and oxygen atoms in total. The number of halogens is 1. The Morgan fingerprint density at radius 1 is 0.967 bits per heavy atom. The lowest BCUT2D eigenvalue weighted by atomic mass is 9.82. The molecule has 0 atom stereocenters. The molecule has 0 aliphatic heterocycles. The number of hydrogen-bond donors (Lipinski definition) is 2. The molecule has 0 saturated heterocycles. The second kappa shape index (κ2) is 10.7. The molecule has 1 fully saturated rings. The average molecular weight is 414 g/mol. The summed E-state index contributed by atoms with van der Waals surface area (Å²) in [4.78, 5) is 25.1. The molecular weight excluding hydrogens is 387 g/mol. The fourth-order valence-corrected chi connectivity index (χ4v) is 3.78. The van der Waals surface area contributed by atoms with Crippen molar-refractivity contribution in [2.24, 2.45) is 11.8 Å². The van der Waals surface area contributed by atoms with Crippen LogP contribution in [0.1, 0.15) is 25.7 Å². The third kappa shape index (κ3) is 6.29. The van der Waals surface area contributed by atoms with E-state index in [0.29, 0.717) is 36.4 Å². The van der Waals surface area contributed by atoms with Crippen LogP contribution in [0.5, 0.6) is 0 Å². The van der Waals surface area contributed by atoms with Gasteiger partial charge >= 0.3 is 12.0 Å². The monoisotopic (exact) mass is 414 g/mol. The van der Waals surface area contributed by atoms with E-state index in [1.54, 1.807) is 17.0 Å². The lowest BCUT2D eigenvalue weighted by Gasteiger charge is -2.29. The van der Waals surface area contributed by atoms with Crippen molar-refractivity contribution in [2.45, 2.75) is 25.7 Å². The highest BCUT2D eigenvalue weighted by molar-refractivity contribution is 5.99. The van der Waals surface area contributed by atoms with Crippen LogP contribution in [0.2, 0.25) is 0 Å². The second-order valence-corrected chi connectivity index (χ2v) is 7.63. The summed E-state index contributed by atoms with van der Waals surface area (Å²) in [5.74, 6) is -0.557. The molecular formula is C23H27FN2O4. The zero-order chi connectivity index (χ0) is 21.3. The minimum absolute atomic E-state index is 0.250. The Balaban J connectivity index is 1.54. The topological polar surface area (TPSA) is 78.9 Å². The Morgan fingerprint density at radius 2 is 1.57 bits per heavy atom. The molecule has 0 bridgehead atoms. The highest BCUT2D eigenvalue weighted by atomic mass is 19.1. The molecule has 1 aliphatic rings. The molecule has 7 heteroatoms. The van der Waals surface area contributed by atoms with Crippen molar-refractivity contribution in [1.29, 1.82) is 0 Å². The van der Waals surface area contributed by atoms with Gasteiger partial charge in [-0.15, -0.1) is 0 Å². The summed E-state index contributed by atoms with van der Waals surface area (Å²) in [7, 11) is 0. The number of carbonyl (C=O) groups excluding carboxylic acids is 1. The van der Waals surface area contributed by atoms with Crippen LogP contribution in [0.3, 0.4) is 0 Å². The van der Waals surface area contributed by atoms with Gasteiger partial charge in [0.1, 0.15) is 12.4 Å². The maximum Gasteiger partial charge on any atom is 0.329 e. The van der Waals surface area contributed by atoms with E-state index in [2.05, 4.69) is 5.32 Å². The smallest absolute Gasteiger partial charge is 0.329 e. The van der Waals surface area contributed by atoms with Crippen LogP contribution in [-0.4, -0.2) is 36.9 Å². The molecule has 160 valence electrons. The summed E-state index contributed by atoms with van der Waals surface area (Å²) in [5.41, 5.74) is 1.31. The number of urea groups is 1. The SMILES string of the molecule is O=C(O)COC[C@H]1CC[C@H](CNC(=O)N(c2ccccc2)c2ccc(F)cc2)CC1. The first-order valence-electron chi connectivity index (χ1n) is 10.2. The maximum absolute atomic E-state index is 13.3. The van der Waals surface area contributed by atoms with Crippen molar-refractivity contribution in [3.05, 3.63) is 60.4 Å². The Hall–Kier alpha value is -2.93. The van der Waals surface area contributed by atoms with E-state index in [0.717, 1.165) is 25.7 Å². The van der Waals surface area contributed by atoms with Gasteiger partial charge in [0.25, 0.3) is 0 Å². The molecule has 0 spiro atoms. The van der Waals surface area contributed by atoms with Crippen LogP contribution in [0.4, 0.5) is 20.6 Å². The van der Waals surface area contributed by atoms with Crippen LogP contribution in [0, 0.1) is 17.7 Å². The van der Waals surface area contributed by atoms with E-state index < -0.39 is 5.97 Å². The number of carboxylic acids is 1. The molecule has 2 N–H and O–H groups in total. The van der Waals surface area contributed by atoms with Crippen molar-refractivity contribution < 1.29 is 23.8 Å². The van der Waals surface area contributed by atoms with Crippen molar-refractivity contribution in [2.75, 3.05) is 24.7 Å². The molecule has 1 saturated carbocycles. The van der Waals surface area contributed by atoms with E-state index in [-0.39, 0.29) is 18.5 Å². The molecule has 0 aromatic heterocycles. The normalized spacial score (nSPS) is 18.6.